The lowest BCUT2D eigenvalue weighted by Gasteiger charge is -2.20. The maximum absolute atomic E-state index is 11.8. The summed E-state index contributed by atoms with van der Waals surface area (Å²) in [7, 11) is 1.77. The Bertz CT molecular complexity index is 807. The van der Waals surface area contributed by atoms with Crippen LogP contribution in [0.15, 0.2) is 54.1 Å². The number of Topliss-reactive ketones (excluding diaryl/α,β-unsaturated/α-hetero) is 1. The SMILES string of the molecule is CC.CC1CCCC(=O)/C1=C\c1ccc(O)cc1.CCCCCc1ccccc1CCCOC. The van der Waals surface area contributed by atoms with E-state index in [1.165, 1.54) is 36.8 Å². The van der Waals surface area contributed by atoms with Crippen molar-refractivity contribution in [3.63, 3.8) is 0 Å². The van der Waals surface area contributed by atoms with Crippen LogP contribution < -0.4 is 0 Å². The number of benzene rings is 2. The number of ether oxygens (including phenoxy) is 1. The Morgan fingerprint density at radius 1 is 0.971 bits per heavy atom. The van der Waals surface area contributed by atoms with Gasteiger partial charge in [-0.25, -0.2) is 0 Å². The molecule has 0 saturated heterocycles. The number of carbonyl (C=O) groups is 1. The summed E-state index contributed by atoms with van der Waals surface area (Å²) in [6, 6.07) is 15.8. The molecule has 0 aliphatic heterocycles. The molecule has 0 heterocycles. The molecule has 1 saturated carbocycles. The number of rotatable bonds is 9. The van der Waals surface area contributed by atoms with Gasteiger partial charge in [-0.1, -0.05) is 76.9 Å². The second-order valence-electron chi connectivity index (χ2n) is 8.73. The third-order valence-corrected chi connectivity index (χ3v) is 6.07. The number of ketones is 1. The average Bonchev–Trinajstić information content (AvgIpc) is 2.86. The molecule has 0 aromatic heterocycles. The minimum Gasteiger partial charge on any atom is -0.508 e. The predicted octanol–water partition coefficient (Wildman–Crippen LogP) is 8.19. The van der Waals surface area contributed by atoms with Crippen molar-refractivity contribution in [1.29, 1.82) is 0 Å². The van der Waals surface area contributed by atoms with Crippen molar-refractivity contribution in [2.75, 3.05) is 13.7 Å². The zero-order valence-corrected chi connectivity index (χ0v) is 22.1. The maximum Gasteiger partial charge on any atom is 0.159 e. The molecule has 0 radical (unpaired) electrons. The summed E-state index contributed by atoms with van der Waals surface area (Å²) in [5.41, 5.74) is 4.95. The fourth-order valence-electron chi connectivity index (χ4n) is 4.13. The first-order valence-corrected chi connectivity index (χ1v) is 13.1. The molecule has 1 aliphatic carbocycles. The number of aryl methyl sites for hydroxylation is 2. The van der Waals surface area contributed by atoms with Crippen LogP contribution in [0.5, 0.6) is 5.75 Å². The molecule has 2 aromatic carbocycles. The highest BCUT2D eigenvalue weighted by Gasteiger charge is 2.21. The average molecular weight is 467 g/mol. The van der Waals surface area contributed by atoms with Gasteiger partial charge in [0.25, 0.3) is 0 Å². The molecule has 2 aromatic rings. The minimum atomic E-state index is 0.255. The van der Waals surface area contributed by atoms with E-state index in [9.17, 15) is 9.90 Å². The van der Waals surface area contributed by atoms with Gasteiger partial charge in [-0.15, -0.1) is 0 Å². The molecule has 1 fully saturated rings. The van der Waals surface area contributed by atoms with Gasteiger partial charge >= 0.3 is 0 Å². The number of hydrogen-bond donors (Lipinski definition) is 1. The van der Waals surface area contributed by atoms with Crippen LogP contribution in [-0.4, -0.2) is 24.6 Å². The van der Waals surface area contributed by atoms with Gasteiger partial charge in [-0.2, -0.15) is 0 Å². The van der Waals surface area contributed by atoms with Crippen LogP contribution in [0, 0.1) is 5.92 Å². The number of carbonyl (C=O) groups excluding carboxylic acids is 1. The maximum atomic E-state index is 11.8. The van der Waals surface area contributed by atoms with E-state index in [2.05, 4.69) is 38.1 Å². The number of aromatic hydroxyl groups is 1. The Hall–Kier alpha value is -2.39. The number of hydrogen-bond acceptors (Lipinski definition) is 3. The molecule has 1 unspecified atom stereocenters. The standard InChI is InChI=1S/C15H24O.C14H16O2.C2H6/c1-3-4-5-9-14-10-6-7-11-15(14)12-8-13-16-2;1-10-3-2-4-14(16)13(10)9-11-5-7-12(15)8-6-11;1-2/h6-7,10-11H,3-5,8-9,12-13H2,1-2H3;5-10,15H,2-4H2,1H3;1-2H3/b;13-9-;. The predicted molar refractivity (Wildman–Crippen MR) is 145 cm³/mol. The summed E-state index contributed by atoms with van der Waals surface area (Å²) in [5, 5.41) is 9.18. The van der Waals surface area contributed by atoms with Gasteiger partial charge in [0.15, 0.2) is 5.78 Å². The van der Waals surface area contributed by atoms with E-state index in [4.69, 9.17) is 4.74 Å². The van der Waals surface area contributed by atoms with Crippen LogP contribution in [0.1, 0.15) is 89.3 Å². The Kier molecular flexibility index (Phi) is 15.7. The number of phenols is 1. The molecule has 34 heavy (non-hydrogen) atoms. The van der Waals surface area contributed by atoms with Crippen molar-refractivity contribution in [2.24, 2.45) is 5.92 Å². The van der Waals surface area contributed by atoms with Crippen LogP contribution in [0.3, 0.4) is 0 Å². The summed E-state index contributed by atoms with van der Waals surface area (Å²) in [6.45, 7) is 9.22. The quantitative estimate of drug-likeness (QED) is 0.299. The summed E-state index contributed by atoms with van der Waals surface area (Å²) in [4.78, 5) is 11.8. The zero-order chi connectivity index (χ0) is 25.2. The fraction of sp³-hybridized carbons (Fsp3) is 0.516. The van der Waals surface area contributed by atoms with E-state index in [-0.39, 0.29) is 11.5 Å². The monoisotopic (exact) mass is 466 g/mol. The molecule has 3 nitrogen and oxygen atoms in total. The molecule has 0 spiro atoms. The summed E-state index contributed by atoms with van der Waals surface area (Å²) in [6.07, 6.45) is 12.2. The van der Waals surface area contributed by atoms with Gasteiger partial charge in [0.1, 0.15) is 5.75 Å². The van der Waals surface area contributed by atoms with E-state index in [0.717, 1.165) is 43.4 Å². The number of phenolic OH excluding ortho intramolecular Hbond substituents is 1. The number of allylic oxidation sites excluding steroid dienone is 1. The minimum absolute atomic E-state index is 0.255. The van der Waals surface area contributed by atoms with Crippen LogP contribution in [0.25, 0.3) is 6.08 Å². The molecule has 1 aliphatic rings. The van der Waals surface area contributed by atoms with Crippen molar-refractivity contribution < 1.29 is 14.6 Å². The lowest BCUT2D eigenvalue weighted by molar-refractivity contribution is -0.116. The molecular formula is C31H46O3. The highest BCUT2D eigenvalue weighted by Crippen LogP contribution is 2.28. The highest BCUT2D eigenvalue weighted by molar-refractivity contribution is 6.00. The van der Waals surface area contributed by atoms with E-state index in [1.54, 1.807) is 19.2 Å². The second kappa shape index (κ2) is 18.0. The third kappa shape index (κ3) is 11.2. The second-order valence-corrected chi connectivity index (χ2v) is 8.73. The molecule has 1 N–H and O–H groups in total. The first kappa shape index (κ1) is 29.6. The molecule has 0 bridgehead atoms. The van der Waals surface area contributed by atoms with E-state index >= 15 is 0 Å². The Labute approximate surface area is 208 Å². The smallest absolute Gasteiger partial charge is 0.159 e. The van der Waals surface area contributed by atoms with Gasteiger partial charge in [-0.05, 0) is 84.9 Å². The van der Waals surface area contributed by atoms with Gasteiger partial charge in [0.2, 0.25) is 0 Å². The largest absolute Gasteiger partial charge is 0.508 e. The van der Waals surface area contributed by atoms with Crippen molar-refractivity contribution in [1.82, 2.24) is 0 Å². The van der Waals surface area contributed by atoms with E-state index in [0.29, 0.717) is 12.3 Å². The molecular weight excluding hydrogens is 420 g/mol. The zero-order valence-electron chi connectivity index (χ0n) is 22.1. The summed E-state index contributed by atoms with van der Waals surface area (Å²) >= 11 is 0. The fourth-order valence-corrected chi connectivity index (χ4v) is 4.13. The lowest BCUT2D eigenvalue weighted by atomic mass is 9.83. The van der Waals surface area contributed by atoms with Gasteiger partial charge < -0.3 is 9.84 Å². The van der Waals surface area contributed by atoms with E-state index in [1.807, 2.05) is 32.1 Å². The number of unbranched alkanes of at least 4 members (excludes halogenated alkanes) is 2. The normalized spacial score (nSPS) is 16.3. The highest BCUT2D eigenvalue weighted by atomic mass is 16.5. The number of methoxy groups -OCH3 is 1. The van der Waals surface area contributed by atoms with Crippen LogP contribution >= 0.6 is 0 Å². The molecule has 3 heteroatoms. The van der Waals surface area contributed by atoms with Crippen molar-refractivity contribution >= 4 is 11.9 Å². The Morgan fingerprint density at radius 2 is 1.59 bits per heavy atom. The van der Waals surface area contributed by atoms with Gasteiger partial charge in [0, 0.05) is 20.1 Å². The molecule has 0 amide bonds. The van der Waals surface area contributed by atoms with Crippen LogP contribution in [-0.2, 0) is 22.4 Å². The van der Waals surface area contributed by atoms with Crippen molar-refractivity contribution in [2.45, 2.75) is 85.5 Å². The Morgan fingerprint density at radius 3 is 2.15 bits per heavy atom. The first-order chi connectivity index (χ1) is 16.5. The van der Waals surface area contributed by atoms with E-state index < -0.39 is 0 Å². The van der Waals surface area contributed by atoms with Crippen molar-refractivity contribution in [3.8, 4) is 5.75 Å². The molecule has 1 atom stereocenters. The first-order valence-electron chi connectivity index (χ1n) is 13.1. The lowest BCUT2D eigenvalue weighted by Crippen LogP contribution is -2.16. The van der Waals surface area contributed by atoms with Crippen LogP contribution in [0.4, 0.5) is 0 Å². The van der Waals surface area contributed by atoms with Gasteiger partial charge in [0.05, 0.1) is 0 Å². The van der Waals surface area contributed by atoms with Crippen LogP contribution in [0.2, 0.25) is 0 Å². The molecule has 188 valence electrons. The topological polar surface area (TPSA) is 46.5 Å². The van der Waals surface area contributed by atoms with Gasteiger partial charge in [-0.3, -0.25) is 4.79 Å². The molecule has 3 rings (SSSR count). The summed E-state index contributed by atoms with van der Waals surface area (Å²) < 4.78 is 5.10. The summed E-state index contributed by atoms with van der Waals surface area (Å²) in [5.74, 6) is 0.882. The third-order valence-electron chi connectivity index (χ3n) is 6.07. The Balaban J connectivity index is 0.000000317. The van der Waals surface area contributed by atoms with Crippen molar-refractivity contribution in [3.05, 3.63) is 70.8 Å².